The molecule has 0 spiro atoms. The van der Waals surface area contributed by atoms with Crippen LogP contribution < -0.4 is 10.7 Å². The number of hydrogen-bond acceptors (Lipinski definition) is 9. The minimum Gasteiger partial charge on any atom is -0.464 e. The van der Waals surface area contributed by atoms with Crippen LogP contribution in [-0.2, 0) is 38.4 Å². The molecule has 2 fully saturated rings. The van der Waals surface area contributed by atoms with E-state index in [0.29, 0.717) is 44.8 Å². The van der Waals surface area contributed by atoms with Crippen molar-refractivity contribution in [3.63, 3.8) is 0 Å². The quantitative estimate of drug-likeness (QED) is 0.232. The fourth-order valence-electron chi connectivity index (χ4n) is 7.67. The lowest BCUT2D eigenvalue weighted by Gasteiger charge is -2.39. The van der Waals surface area contributed by atoms with Crippen LogP contribution in [0.2, 0.25) is 0 Å². The maximum atomic E-state index is 14.1. The van der Waals surface area contributed by atoms with E-state index in [0.717, 1.165) is 56.2 Å². The number of amides is 3. The lowest BCUT2D eigenvalue weighted by Crippen LogP contribution is -2.62. The number of hydrazine groups is 1. The molecule has 12 nitrogen and oxygen atoms in total. The molecule has 0 aliphatic carbocycles. The first-order valence-electron chi connectivity index (χ1n) is 18.3. The number of likely N-dealkylation sites (tertiary alicyclic amines) is 1. The van der Waals surface area contributed by atoms with Crippen molar-refractivity contribution in [3.8, 4) is 22.5 Å². The van der Waals surface area contributed by atoms with E-state index in [4.69, 9.17) is 19.4 Å². The average Bonchev–Trinajstić information content (AvgIpc) is 3.72. The zero-order chi connectivity index (χ0) is 36.7. The van der Waals surface area contributed by atoms with Crippen LogP contribution in [0.3, 0.4) is 0 Å². The number of esters is 1. The third kappa shape index (κ3) is 9.15. The van der Waals surface area contributed by atoms with Crippen molar-refractivity contribution >= 4 is 80.6 Å². The number of carbonyl (C=O) groups excluding carboxylic acids is 3. The van der Waals surface area contributed by atoms with Crippen molar-refractivity contribution in [2.24, 2.45) is 11.3 Å². The molecule has 300 valence electrons. The number of benzene rings is 1. The van der Waals surface area contributed by atoms with Crippen molar-refractivity contribution in [1.29, 1.82) is 0 Å². The first-order chi connectivity index (χ1) is 25.0. The number of carbonyl (C=O) groups is 3. The van der Waals surface area contributed by atoms with Gasteiger partial charge in [0.1, 0.15) is 12.1 Å². The zero-order valence-electron chi connectivity index (χ0n) is 32.4. The lowest BCUT2D eigenvalue weighted by molar-refractivity contribution is -0.155. The van der Waals surface area contributed by atoms with E-state index in [9.17, 15) is 14.4 Å². The van der Waals surface area contributed by atoms with Crippen LogP contribution in [0.25, 0.3) is 33.4 Å². The average molecular weight is 830 g/mol. The second kappa shape index (κ2) is 18.3. The lowest BCUT2D eigenvalue weighted by atomic mass is 9.84. The van der Waals surface area contributed by atoms with Crippen LogP contribution in [-0.4, -0.2) is 87.8 Å². The van der Waals surface area contributed by atoms with Crippen LogP contribution in [0.1, 0.15) is 69.8 Å². The van der Waals surface area contributed by atoms with Gasteiger partial charge < -0.3 is 24.3 Å². The molecule has 3 aliphatic rings. The number of fused-ring (bicyclic) bond motifs is 6. The SMILES string of the molecule is CCn1c(-c2cccnc2[C@H](C)OC)c2c3cc(ccc31)-c1csc(n1)C[C@H](NC(=O)N1CC(C)C1)C(=O)N1CCC[C@H](N1)C(=O)OCC(C)(C)C2.S.S.S. The van der Waals surface area contributed by atoms with Gasteiger partial charge in [-0.15, -0.1) is 11.3 Å². The number of hydrogen-bond donors (Lipinski definition) is 2. The number of aryl methyl sites for hydroxylation is 1. The molecule has 0 saturated carbocycles. The predicted octanol–water partition coefficient (Wildman–Crippen LogP) is 6.09. The summed E-state index contributed by atoms with van der Waals surface area (Å²) < 4.78 is 14.2. The third-order valence-corrected chi connectivity index (χ3v) is 11.4. The number of methoxy groups -OCH3 is 1. The smallest absolute Gasteiger partial charge is 0.324 e. The predicted molar refractivity (Wildman–Crippen MR) is 232 cm³/mol. The Balaban J connectivity index is 0.00000224. The minimum absolute atomic E-state index is 0. The summed E-state index contributed by atoms with van der Waals surface area (Å²) in [5, 5.41) is 8.33. The highest BCUT2D eigenvalue weighted by atomic mass is 32.1. The van der Waals surface area contributed by atoms with E-state index in [1.54, 1.807) is 18.2 Å². The first kappa shape index (κ1) is 44.4. The number of nitrogens with zero attached hydrogens (tertiary/aromatic N) is 5. The maximum Gasteiger partial charge on any atom is 0.324 e. The molecule has 2 N–H and O–H groups in total. The number of ether oxygens (including phenoxy) is 2. The monoisotopic (exact) mass is 829 g/mol. The van der Waals surface area contributed by atoms with Gasteiger partial charge in [0.2, 0.25) is 0 Å². The third-order valence-electron chi connectivity index (χ3n) is 10.5. The maximum absolute atomic E-state index is 14.1. The van der Waals surface area contributed by atoms with Gasteiger partial charge >= 0.3 is 12.0 Å². The fourth-order valence-corrected chi connectivity index (χ4v) is 8.52. The molecule has 16 heteroatoms. The van der Waals surface area contributed by atoms with Crippen molar-refractivity contribution in [3.05, 3.63) is 58.2 Å². The number of cyclic esters (lactones) is 1. The molecular formula is C39H55N7O5S4. The Morgan fingerprint density at radius 3 is 2.65 bits per heavy atom. The highest BCUT2D eigenvalue weighted by Crippen LogP contribution is 2.42. The molecule has 0 radical (unpaired) electrons. The van der Waals surface area contributed by atoms with E-state index < -0.39 is 23.5 Å². The summed E-state index contributed by atoms with van der Waals surface area (Å²) in [4.78, 5) is 52.4. The van der Waals surface area contributed by atoms with Gasteiger partial charge in [-0.05, 0) is 68.9 Å². The summed E-state index contributed by atoms with van der Waals surface area (Å²) in [6, 6.07) is 8.73. The van der Waals surface area contributed by atoms with Crippen molar-refractivity contribution in [2.45, 2.75) is 85.0 Å². The van der Waals surface area contributed by atoms with Crippen molar-refractivity contribution < 1.29 is 23.9 Å². The molecule has 6 heterocycles. The largest absolute Gasteiger partial charge is 0.464 e. The number of urea groups is 1. The molecule has 55 heavy (non-hydrogen) atoms. The van der Waals surface area contributed by atoms with Gasteiger partial charge in [-0.2, -0.15) is 40.5 Å². The molecular weight excluding hydrogens is 775 g/mol. The van der Waals surface area contributed by atoms with Crippen LogP contribution in [0.4, 0.5) is 4.79 Å². The number of thiazole rings is 1. The summed E-state index contributed by atoms with van der Waals surface area (Å²) in [6.45, 7) is 13.1. The molecule has 3 atom stereocenters. The second-order valence-electron chi connectivity index (χ2n) is 15.2. The van der Waals surface area contributed by atoms with Gasteiger partial charge in [0.25, 0.3) is 5.91 Å². The molecule has 1 aromatic carbocycles. The van der Waals surface area contributed by atoms with Gasteiger partial charge in [-0.3, -0.25) is 19.6 Å². The van der Waals surface area contributed by atoms with E-state index >= 15 is 0 Å². The Hall–Kier alpha value is -3.28. The van der Waals surface area contributed by atoms with E-state index in [1.807, 2.05) is 18.4 Å². The molecule has 6 bridgehead atoms. The van der Waals surface area contributed by atoms with E-state index in [1.165, 1.54) is 16.3 Å². The van der Waals surface area contributed by atoms with E-state index in [-0.39, 0.29) is 71.6 Å². The normalized spacial score (nSPS) is 20.5. The molecule has 2 saturated heterocycles. The summed E-state index contributed by atoms with van der Waals surface area (Å²) >= 11 is 1.48. The Morgan fingerprint density at radius 1 is 1.18 bits per heavy atom. The summed E-state index contributed by atoms with van der Waals surface area (Å²) in [5.74, 6) is -0.264. The number of pyridine rings is 1. The molecule has 7 rings (SSSR count). The Morgan fingerprint density at radius 2 is 1.95 bits per heavy atom. The summed E-state index contributed by atoms with van der Waals surface area (Å²) in [7, 11) is 1.70. The number of aromatic nitrogens is 3. The van der Waals surface area contributed by atoms with Gasteiger partial charge in [0, 0.05) is 78.7 Å². The molecule has 3 aliphatic heterocycles. The summed E-state index contributed by atoms with van der Waals surface area (Å²) in [5.41, 5.74) is 9.65. The van der Waals surface area contributed by atoms with Crippen LogP contribution >= 0.6 is 51.8 Å². The minimum atomic E-state index is -0.860. The molecule has 3 aromatic heterocycles. The van der Waals surface area contributed by atoms with Gasteiger partial charge in [-0.25, -0.2) is 15.2 Å². The molecule has 4 aromatic rings. The van der Waals surface area contributed by atoms with Gasteiger partial charge in [0.15, 0.2) is 0 Å². The van der Waals surface area contributed by atoms with Crippen molar-refractivity contribution in [1.82, 2.24) is 35.2 Å². The topological polar surface area (TPSA) is 131 Å². The Bertz CT molecular complexity index is 2000. The van der Waals surface area contributed by atoms with E-state index in [2.05, 4.69) is 67.3 Å². The van der Waals surface area contributed by atoms with Crippen LogP contribution in [0, 0.1) is 11.3 Å². The highest BCUT2D eigenvalue weighted by Gasteiger charge is 2.37. The molecule has 3 amide bonds. The fraction of sp³-hybridized carbons (Fsp3) is 0.513. The number of rotatable bonds is 5. The zero-order valence-corrected chi connectivity index (χ0v) is 36.2. The second-order valence-corrected chi connectivity index (χ2v) is 16.2. The number of nitrogens with one attached hydrogen (secondary N) is 2. The Labute approximate surface area is 348 Å². The van der Waals surface area contributed by atoms with Crippen LogP contribution in [0.5, 0.6) is 0 Å². The Kier molecular flexibility index (Phi) is 14.8. The van der Waals surface area contributed by atoms with Crippen LogP contribution in [0.15, 0.2) is 41.9 Å². The molecule has 0 unspecified atom stereocenters. The van der Waals surface area contributed by atoms with Gasteiger partial charge in [0.05, 0.1) is 34.8 Å². The van der Waals surface area contributed by atoms with Crippen molar-refractivity contribution in [2.75, 3.05) is 33.4 Å². The standard InChI is InChI=1S/C39H49N7O5S.3H2S/c1-7-45-32-13-12-25-16-27(32)28(35(45)26-10-8-14-40-34(26)24(3)50-6)18-39(4,5)22-51-37(48)29-11-9-15-46(43-29)36(47)30(17-33-41-31(25)21-52-33)42-38(49)44-19-23(2)20-44;;;/h8,10,12-14,16,21,23-24,29-30,43H,7,9,11,15,17-20,22H2,1-6H3,(H,42,49);3*1H2/t24-,29-,30-;;;/m0.../s1. The summed E-state index contributed by atoms with van der Waals surface area (Å²) in [6.07, 6.45) is 3.60. The first-order valence-corrected chi connectivity index (χ1v) is 19.2. The highest BCUT2D eigenvalue weighted by molar-refractivity contribution is 7.59. The van der Waals surface area contributed by atoms with Gasteiger partial charge in [-0.1, -0.05) is 26.8 Å².